The Bertz CT molecular complexity index is 577. The number of aliphatic hydroxyl groups excluding tert-OH is 1. The number of carboxylic acids is 1. The van der Waals surface area contributed by atoms with Crippen LogP contribution in [0, 0.1) is 21.7 Å². The molecular formula is C10H8F2N2O6. The second-order valence-electron chi connectivity index (χ2n) is 3.60. The molecule has 0 saturated carbocycles. The molecule has 1 rings (SSSR count). The summed E-state index contributed by atoms with van der Waals surface area (Å²) in [7, 11) is 0. The molecule has 1 aromatic rings. The van der Waals surface area contributed by atoms with E-state index in [-0.39, 0.29) is 6.07 Å². The van der Waals surface area contributed by atoms with Crippen molar-refractivity contribution in [2.24, 2.45) is 0 Å². The number of carboxylic acid groups (broad SMARTS) is 1. The quantitative estimate of drug-likeness (QED) is 0.519. The van der Waals surface area contributed by atoms with Crippen LogP contribution < -0.4 is 5.32 Å². The minimum atomic E-state index is -1.93. The zero-order chi connectivity index (χ0) is 15.4. The number of rotatable bonds is 5. The first-order chi connectivity index (χ1) is 9.23. The molecule has 1 unspecified atom stereocenters. The van der Waals surface area contributed by atoms with Gasteiger partial charge in [0, 0.05) is 0 Å². The van der Waals surface area contributed by atoms with E-state index in [0.717, 1.165) is 0 Å². The van der Waals surface area contributed by atoms with E-state index in [1.54, 1.807) is 0 Å². The molecule has 3 N–H and O–H groups in total. The van der Waals surface area contributed by atoms with Crippen molar-refractivity contribution in [1.29, 1.82) is 0 Å². The number of benzene rings is 1. The van der Waals surface area contributed by atoms with Crippen molar-refractivity contribution in [3.63, 3.8) is 0 Å². The molecule has 1 atom stereocenters. The normalized spacial score (nSPS) is 11.8. The second-order valence-corrected chi connectivity index (χ2v) is 3.60. The van der Waals surface area contributed by atoms with Gasteiger partial charge in [0.2, 0.25) is 0 Å². The van der Waals surface area contributed by atoms with Crippen LogP contribution in [0.5, 0.6) is 0 Å². The van der Waals surface area contributed by atoms with Crippen LogP contribution in [0.1, 0.15) is 10.4 Å². The molecule has 10 heteroatoms. The topological polar surface area (TPSA) is 130 Å². The molecule has 8 nitrogen and oxygen atoms in total. The predicted octanol–water partition coefficient (Wildman–Crippen LogP) is 0.0483. The van der Waals surface area contributed by atoms with E-state index in [1.165, 1.54) is 0 Å². The summed E-state index contributed by atoms with van der Waals surface area (Å²) in [6.07, 6.45) is -1.93. The minimum Gasteiger partial charge on any atom is -0.479 e. The van der Waals surface area contributed by atoms with Crippen molar-refractivity contribution < 1.29 is 33.5 Å². The Labute approximate surface area is 109 Å². The first kappa shape index (κ1) is 15.4. The molecule has 0 saturated heterocycles. The molecule has 20 heavy (non-hydrogen) atoms. The maximum atomic E-state index is 13.0. The largest absolute Gasteiger partial charge is 0.479 e. The smallest absolute Gasteiger partial charge is 0.334 e. The molecule has 0 spiro atoms. The number of hydrogen-bond acceptors (Lipinski definition) is 5. The average molecular weight is 290 g/mol. The molecule has 0 aliphatic carbocycles. The molecule has 0 aliphatic rings. The summed E-state index contributed by atoms with van der Waals surface area (Å²) >= 11 is 0. The van der Waals surface area contributed by atoms with E-state index >= 15 is 0 Å². The number of amides is 1. The summed E-state index contributed by atoms with van der Waals surface area (Å²) < 4.78 is 25.9. The van der Waals surface area contributed by atoms with Gasteiger partial charge >= 0.3 is 5.97 Å². The van der Waals surface area contributed by atoms with Gasteiger partial charge in [-0.1, -0.05) is 0 Å². The molecule has 0 fully saturated rings. The number of aliphatic carboxylic acids is 1. The Morgan fingerprint density at radius 2 is 1.90 bits per heavy atom. The lowest BCUT2D eigenvalue weighted by atomic mass is 10.1. The van der Waals surface area contributed by atoms with Crippen LogP contribution in [-0.2, 0) is 4.79 Å². The lowest BCUT2D eigenvalue weighted by molar-refractivity contribution is -0.385. The van der Waals surface area contributed by atoms with Crippen molar-refractivity contribution in [2.75, 3.05) is 6.54 Å². The summed E-state index contributed by atoms with van der Waals surface area (Å²) in [4.78, 5) is 31.4. The van der Waals surface area contributed by atoms with Gasteiger partial charge in [0.25, 0.3) is 11.6 Å². The fraction of sp³-hybridized carbons (Fsp3) is 0.200. The van der Waals surface area contributed by atoms with Gasteiger partial charge in [0.05, 0.1) is 17.5 Å². The van der Waals surface area contributed by atoms with Crippen LogP contribution in [0.15, 0.2) is 12.1 Å². The van der Waals surface area contributed by atoms with Crippen LogP contribution in [0.4, 0.5) is 14.5 Å². The summed E-state index contributed by atoms with van der Waals surface area (Å²) in [5.41, 5.74) is -1.77. The van der Waals surface area contributed by atoms with Crippen LogP contribution >= 0.6 is 0 Å². The van der Waals surface area contributed by atoms with Gasteiger partial charge in [-0.05, 0) is 6.07 Å². The van der Waals surface area contributed by atoms with E-state index in [9.17, 15) is 28.5 Å². The average Bonchev–Trinajstić information content (AvgIpc) is 2.37. The molecule has 0 bridgehead atoms. The number of nitrogens with one attached hydrogen (secondary N) is 1. The van der Waals surface area contributed by atoms with E-state index in [1.807, 2.05) is 5.32 Å². The predicted molar refractivity (Wildman–Crippen MR) is 59.0 cm³/mol. The van der Waals surface area contributed by atoms with Crippen LogP contribution in [0.2, 0.25) is 0 Å². The van der Waals surface area contributed by atoms with Gasteiger partial charge in [-0.25, -0.2) is 13.6 Å². The van der Waals surface area contributed by atoms with Gasteiger partial charge < -0.3 is 15.5 Å². The van der Waals surface area contributed by atoms with Crippen molar-refractivity contribution in [2.45, 2.75) is 6.10 Å². The zero-order valence-electron chi connectivity index (χ0n) is 9.67. The lowest BCUT2D eigenvalue weighted by Crippen LogP contribution is -2.36. The number of carbonyl (C=O) groups excluding carboxylic acids is 1. The maximum Gasteiger partial charge on any atom is 0.334 e. The monoisotopic (exact) mass is 290 g/mol. The summed E-state index contributed by atoms with van der Waals surface area (Å²) in [6, 6.07) is 0.549. The molecule has 1 amide bonds. The van der Waals surface area contributed by atoms with Gasteiger partial charge in [-0.3, -0.25) is 14.9 Å². The Balaban J connectivity index is 3.00. The van der Waals surface area contributed by atoms with E-state index < -0.39 is 52.3 Å². The number of hydrogen-bond donors (Lipinski definition) is 3. The minimum absolute atomic E-state index is 0.234. The van der Waals surface area contributed by atoms with Crippen molar-refractivity contribution in [1.82, 2.24) is 5.32 Å². The summed E-state index contributed by atoms with van der Waals surface area (Å²) in [5.74, 6) is -5.81. The van der Waals surface area contributed by atoms with Crippen LogP contribution in [-0.4, -0.2) is 39.7 Å². The van der Waals surface area contributed by atoms with Gasteiger partial charge in [0.1, 0.15) is 5.56 Å². The van der Waals surface area contributed by atoms with E-state index in [0.29, 0.717) is 6.07 Å². The highest BCUT2D eigenvalue weighted by Gasteiger charge is 2.24. The molecule has 0 aliphatic heterocycles. The number of carbonyl (C=O) groups is 2. The first-order valence-corrected chi connectivity index (χ1v) is 5.06. The van der Waals surface area contributed by atoms with E-state index in [2.05, 4.69) is 0 Å². The van der Waals surface area contributed by atoms with Gasteiger partial charge in [0.15, 0.2) is 17.7 Å². The highest BCUT2D eigenvalue weighted by Crippen LogP contribution is 2.22. The molecule has 108 valence electrons. The number of halogens is 2. The van der Waals surface area contributed by atoms with Crippen LogP contribution in [0.25, 0.3) is 0 Å². The third-order valence-electron chi connectivity index (χ3n) is 2.22. The first-order valence-electron chi connectivity index (χ1n) is 5.06. The van der Waals surface area contributed by atoms with Crippen molar-refractivity contribution >= 4 is 17.6 Å². The van der Waals surface area contributed by atoms with Crippen molar-refractivity contribution in [3.8, 4) is 0 Å². The highest BCUT2D eigenvalue weighted by atomic mass is 19.2. The summed E-state index contributed by atoms with van der Waals surface area (Å²) in [6.45, 7) is -0.746. The maximum absolute atomic E-state index is 13.0. The number of nitro benzene ring substituents is 1. The van der Waals surface area contributed by atoms with Crippen LogP contribution in [0.3, 0.4) is 0 Å². The number of aliphatic hydroxyl groups is 1. The summed E-state index contributed by atoms with van der Waals surface area (Å²) in [5, 5.41) is 29.8. The van der Waals surface area contributed by atoms with E-state index in [4.69, 9.17) is 10.2 Å². The van der Waals surface area contributed by atoms with Crippen molar-refractivity contribution in [3.05, 3.63) is 39.4 Å². The lowest BCUT2D eigenvalue weighted by Gasteiger charge is -2.08. The Morgan fingerprint density at radius 1 is 1.35 bits per heavy atom. The standard InChI is InChI=1S/C10H8F2N2O6/c11-5-1-4(7(14(19)20)2-6(5)12)9(16)13-3-8(15)10(17)18/h1-2,8,15H,3H2,(H,13,16)(H,17,18). The Kier molecular flexibility index (Phi) is 4.64. The molecule has 0 radical (unpaired) electrons. The van der Waals surface area contributed by atoms with Gasteiger partial charge in [-0.2, -0.15) is 0 Å². The number of nitrogens with zero attached hydrogens (tertiary/aromatic N) is 1. The SMILES string of the molecule is O=C(NCC(O)C(=O)O)c1cc(F)c(F)cc1[N+](=O)[O-]. The third kappa shape index (κ3) is 3.45. The molecule has 0 heterocycles. The Morgan fingerprint density at radius 3 is 2.40 bits per heavy atom. The molecule has 0 aromatic heterocycles. The zero-order valence-corrected chi connectivity index (χ0v) is 9.67. The molecule has 1 aromatic carbocycles. The Hall–Kier alpha value is -2.62. The highest BCUT2D eigenvalue weighted by molar-refractivity contribution is 5.98. The fourth-order valence-corrected chi connectivity index (χ4v) is 1.24. The van der Waals surface area contributed by atoms with Gasteiger partial charge in [-0.15, -0.1) is 0 Å². The fourth-order valence-electron chi connectivity index (χ4n) is 1.24. The third-order valence-corrected chi connectivity index (χ3v) is 2.22. The molecular weight excluding hydrogens is 282 g/mol. The number of nitro groups is 1. The second kappa shape index (κ2) is 6.02.